The number of nitrogens with one attached hydrogen (secondary N) is 1. The molecule has 0 unspecified atom stereocenters. The Morgan fingerprint density at radius 3 is 2.08 bits per heavy atom. The number of rotatable bonds is 6. The largest absolute Gasteiger partial charge is 0.548 e. The summed E-state index contributed by atoms with van der Waals surface area (Å²) < 4.78 is 5.21. The minimum atomic E-state index is -1.60. The van der Waals surface area contributed by atoms with Gasteiger partial charge in [-0.05, 0) is 22.3 Å². The van der Waals surface area contributed by atoms with Gasteiger partial charge in [-0.2, -0.15) is 0 Å². The summed E-state index contributed by atoms with van der Waals surface area (Å²) in [6.07, 6.45) is -1.51. The molecule has 0 bridgehead atoms. The number of nitrogens with two attached hydrogens (primary N) is 1. The van der Waals surface area contributed by atoms with Crippen molar-refractivity contribution < 1.29 is 24.2 Å². The van der Waals surface area contributed by atoms with Crippen molar-refractivity contribution in [1.82, 2.24) is 5.32 Å². The molecule has 0 saturated carbocycles. The van der Waals surface area contributed by atoms with Gasteiger partial charge in [0.25, 0.3) is 0 Å². The first-order chi connectivity index (χ1) is 12.5. The average molecular weight is 353 g/mol. The van der Waals surface area contributed by atoms with E-state index in [4.69, 9.17) is 10.5 Å². The van der Waals surface area contributed by atoms with E-state index in [1.54, 1.807) is 0 Å². The third-order valence-electron chi connectivity index (χ3n) is 4.33. The van der Waals surface area contributed by atoms with E-state index in [1.165, 1.54) is 0 Å². The van der Waals surface area contributed by atoms with E-state index < -0.39 is 30.4 Å². The van der Waals surface area contributed by atoms with Gasteiger partial charge in [0.2, 0.25) is 5.91 Å². The molecule has 1 aliphatic rings. The molecule has 0 fully saturated rings. The SMILES string of the molecule is NC(=O)C[C@H](NC(=O)OCC1c2ccccc2-c2ccccc21)C(=O)[O-]. The third-order valence-corrected chi connectivity index (χ3v) is 4.33. The van der Waals surface area contributed by atoms with E-state index in [-0.39, 0.29) is 12.5 Å². The van der Waals surface area contributed by atoms with Gasteiger partial charge in [0.05, 0.1) is 18.4 Å². The smallest absolute Gasteiger partial charge is 0.407 e. The predicted octanol–water partition coefficient (Wildman–Crippen LogP) is 0.519. The Kier molecular flexibility index (Phi) is 4.88. The number of aliphatic carboxylic acids is 1. The predicted molar refractivity (Wildman–Crippen MR) is 90.8 cm³/mol. The summed E-state index contributed by atoms with van der Waals surface area (Å²) in [6.45, 7) is 0.0379. The second kappa shape index (κ2) is 7.26. The number of fused-ring (bicyclic) bond motifs is 3. The summed E-state index contributed by atoms with van der Waals surface area (Å²) in [6, 6.07) is 14.1. The Labute approximate surface area is 149 Å². The first-order valence-corrected chi connectivity index (χ1v) is 8.08. The van der Waals surface area contributed by atoms with E-state index in [9.17, 15) is 19.5 Å². The second-order valence-corrected chi connectivity index (χ2v) is 6.01. The molecule has 134 valence electrons. The van der Waals surface area contributed by atoms with Crippen LogP contribution in [0.2, 0.25) is 0 Å². The highest BCUT2D eigenvalue weighted by molar-refractivity contribution is 5.85. The standard InChI is InChI=1S/C19H18N2O5/c20-17(22)9-16(18(23)24)21-19(25)26-10-15-13-7-3-1-5-11(13)12-6-2-4-8-14(12)15/h1-8,15-16H,9-10H2,(H2,20,22)(H,21,25)(H,23,24)/p-1/t16-/m0/s1. The lowest BCUT2D eigenvalue weighted by Gasteiger charge is -2.19. The van der Waals surface area contributed by atoms with Crippen LogP contribution in [0.1, 0.15) is 23.5 Å². The van der Waals surface area contributed by atoms with Crippen molar-refractivity contribution >= 4 is 18.0 Å². The highest BCUT2D eigenvalue weighted by Gasteiger charge is 2.29. The monoisotopic (exact) mass is 353 g/mol. The third kappa shape index (κ3) is 3.51. The van der Waals surface area contributed by atoms with Crippen molar-refractivity contribution in [3.05, 3.63) is 59.7 Å². The van der Waals surface area contributed by atoms with E-state index in [0.29, 0.717) is 0 Å². The fourth-order valence-corrected chi connectivity index (χ4v) is 3.18. The summed E-state index contributed by atoms with van der Waals surface area (Å²) >= 11 is 0. The van der Waals surface area contributed by atoms with Crippen LogP contribution in [0, 0.1) is 0 Å². The van der Waals surface area contributed by atoms with E-state index in [0.717, 1.165) is 22.3 Å². The zero-order valence-electron chi connectivity index (χ0n) is 13.8. The van der Waals surface area contributed by atoms with Crippen LogP contribution in [-0.2, 0) is 14.3 Å². The first kappa shape index (κ1) is 17.5. The molecule has 0 spiro atoms. The normalized spacial score (nSPS) is 13.4. The lowest BCUT2D eigenvalue weighted by molar-refractivity contribution is -0.308. The van der Waals surface area contributed by atoms with Crippen molar-refractivity contribution in [1.29, 1.82) is 0 Å². The number of alkyl carbamates (subject to hydrolysis) is 1. The van der Waals surface area contributed by atoms with Gasteiger partial charge in [-0.3, -0.25) is 4.79 Å². The highest BCUT2D eigenvalue weighted by atomic mass is 16.5. The topological polar surface area (TPSA) is 122 Å². The summed E-state index contributed by atoms with van der Waals surface area (Å²) in [5.41, 5.74) is 9.20. The van der Waals surface area contributed by atoms with Crippen LogP contribution in [0.5, 0.6) is 0 Å². The maximum atomic E-state index is 11.9. The number of ether oxygens (including phenoxy) is 1. The molecule has 1 atom stereocenters. The zero-order chi connectivity index (χ0) is 18.7. The van der Waals surface area contributed by atoms with Gasteiger partial charge < -0.3 is 25.7 Å². The quantitative estimate of drug-likeness (QED) is 0.784. The molecule has 0 saturated heterocycles. The Hall–Kier alpha value is -3.35. The molecule has 3 N–H and O–H groups in total. The summed E-state index contributed by atoms with van der Waals surface area (Å²) in [4.78, 5) is 33.8. The molecule has 0 aliphatic heterocycles. The molecule has 2 aromatic carbocycles. The number of carbonyl (C=O) groups is 3. The van der Waals surface area contributed by atoms with Crippen LogP contribution in [-0.4, -0.2) is 30.6 Å². The first-order valence-electron chi connectivity index (χ1n) is 8.08. The number of hydrogen-bond donors (Lipinski definition) is 2. The maximum absolute atomic E-state index is 11.9. The van der Waals surface area contributed by atoms with Gasteiger partial charge in [-0.1, -0.05) is 48.5 Å². The number of carbonyl (C=O) groups excluding carboxylic acids is 3. The van der Waals surface area contributed by atoms with Crippen LogP contribution in [0.25, 0.3) is 11.1 Å². The molecular weight excluding hydrogens is 336 g/mol. The molecular formula is C19H17N2O5-. The molecule has 0 radical (unpaired) electrons. The van der Waals surface area contributed by atoms with Crippen LogP contribution in [0.15, 0.2) is 48.5 Å². The van der Waals surface area contributed by atoms with E-state index in [1.807, 2.05) is 48.5 Å². The molecule has 3 rings (SSSR count). The summed E-state index contributed by atoms with van der Waals surface area (Å²) in [7, 11) is 0. The average Bonchev–Trinajstić information content (AvgIpc) is 2.93. The van der Waals surface area contributed by atoms with Gasteiger partial charge in [0.1, 0.15) is 6.61 Å². The molecule has 0 aromatic heterocycles. The summed E-state index contributed by atoms with van der Waals surface area (Å²) in [5.74, 6) is -2.61. The van der Waals surface area contributed by atoms with Crippen molar-refractivity contribution in [2.45, 2.75) is 18.4 Å². The fourth-order valence-electron chi connectivity index (χ4n) is 3.18. The van der Waals surface area contributed by atoms with Gasteiger partial charge in [-0.25, -0.2) is 4.79 Å². The Bertz CT molecular complexity index is 819. The van der Waals surface area contributed by atoms with Crippen molar-refractivity contribution in [2.75, 3.05) is 6.61 Å². The van der Waals surface area contributed by atoms with Gasteiger partial charge in [0, 0.05) is 5.92 Å². The summed E-state index contributed by atoms with van der Waals surface area (Å²) in [5, 5.41) is 13.1. The van der Waals surface area contributed by atoms with Gasteiger partial charge >= 0.3 is 6.09 Å². The Balaban J connectivity index is 1.71. The minimum absolute atomic E-state index is 0.0379. The molecule has 7 nitrogen and oxygen atoms in total. The molecule has 7 heteroatoms. The molecule has 2 aromatic rings. The van der Waals surface area contributed by atoms with Crippen LogP contribution < -0.4 is 16.2 Å². The number of hydrogen-bond acceptors (Lipinski definition) is 5. The number of carboxylic acid groups (broad SMARTS) is 1. The number of amides is 2. The van der Waals surface area contributed by atoms with Crippen molar-refractivity contribution in [3.8, 4) is 11.1 Å². The Morgan fingerprint density at radius 1 is 1.04 bits per heavy atom. The van der Waals surface area contributed by atoms with Crippen LogP contribution >= 0.6 is 0 Å². The number of benzene rings is 2. The lowest BCUT2D eigenvalue weighted by Crippen LogP contribution is -2.49. The highest BCUT2D eigenvalue weighted by Crippen LogP contribution is 2.44. The number of carboxylic acids is 1. The molecule has 2 amide bonds. The minimum Gasteiger partial charge on any atom is -0.548 e. The van der Waals surface area contributed by atoms with Crippen LogP contribution in [0.3, 0.4) is 0 Å². The van der Waals surface area contributed by atoms with Crippen molar-refractivity contribution in [2.24, 2.45) is 5.73 Å². The lowest BCUT2D eigenvalue weighted by atomic mass is 9.98. The molecule has 1 aliphatic carbocycles. The molecule has 26 heavy (non-hydrogen) atoms. The van der Waals surface area contributed by atoms with Crippen LogP contribution in [0.4, 0.5) is 4.79 Å². The second-order valence-electron chi connectivity index (χ2n) is 6.01. The fraction of sp³-hybridized carbons (Fsp3) is 0.211. The van der Waals surface area contributed by atoms with Gasteiger partial charge in [0.15, 0.2) is 0 Å². The number of primary amides is 1. The van der Waals surface area contributed by atoms with E-state index in [2.05, 4.69) is 5.32 Å². The zero-order valence-corrected chi connectivity index (χ0v) is 13.8. The Morgan fingerprint density at radius 2 is 1.58 bits per heavy atom. The van der Waals surface area contributed by atoms with E-state index >= 15 is 0 Å². The molecule has 0 heterocycles. The maximum Gasteiger partial charge on any atom is 0.407 e. The van der Waals surface area contributed by atoms with Crippen molar-refractivity contribution in [3.63, 3.8) is 0 Å². The van der Waals surface area contributed by atoms with Gasteiger partial charge in [-0.15, -0.1) is 0 Å².